The van der Waals surface area contributed by atoms with E-state index in [1.165, 1.54) is 38.5 Å². The van der Waals surface area contributed by atoms with E-state index in [1.807, 2.05) is 0 Å². The predicted molar refractivity (Wildman–Crippen MR) is 47.8 cm³/mol. The average molecular weight is 186 g/mol. The van der Waals surface area contributed by atoms with Crippen LogP contribution in [0.1, 0.15) is 38.5 Å². The van der Waals surface area contributed by atoms with Gasteiger partial charge in [0, 0.05) is 11.3 Å². The van der Waals surface area contributed by atoms with Crippen molar-refractivity contribution in [1.82, 2.24) is 0 Å². The highest BCUT2D eigenvalue weighted by molar-refractivity contribution is 7.61. The third-order valence-corrected chi connectivity index (χ3v) is 7.50. The standard InChI is InChI=1S/C9H15O2P/c10-12-8-3-1-7(11-12)2-4-9(12)6-5-8/h7-9H,1-6H2. The molecule has 0 N–H and O–H groups in total. The minimum Gasteiger partial charge on any atom is -0.325 e. The van der Waals surface area contributed by atoms with Gasteiger partial charge in [0.05, 0.1) is 6.10 Å². The second-order valence-electron chi connectivity index (χ2n) is 4.41. The van der Waals surface area contributed by atoms with Crippen molar-refractivity contribution in [3.8, 4) is 0 Å². The van der Waals surface area contributed by atoms with Gasteiger partial charge in [-0.05, 0) is 38.5 Å². The van der Waals surface area contributed by atoms with Crippen LogP contribution in [-0.4, -0.2) is 17.4 Å². The second-order valence-corrected chi connectivity index (χ2v) is 7.37. The fraction of sp³-hybridized carbons (Fsp3) is 1.00. The molecule has 3 aliphatic rings. The Bertz CT molecular complexity index is 231. The summed E-state index contributed by atoms with van der Waals surface area (Å²) in [5.41, 5.74) is 0.915. The van der Waals surface area contributed by atoms with Gasteiger partial charge in [-0.2, -0.15) is 0 Å². The number of hydrogen-bond acceptors (Lipinski definition) is 2. The van der Waals surface area contributed by atoms with E-state index in [1.54, 1.807) is 0 Å². The summed E-state index contributed by atoms with van der Waals surface area (Å²) in [6, 6.07) is 0. The molecule has 0 aromatic rings. The Balaban J connectivity index is 2.01. The van der Waals surface area contributed by atoms with Crippen molar-refractivity contribution in [2.45, 2.75) is 55.9 Å². The predicted octanol–water partition coefficient (Wildman–Crippen LogP) is 2.77. The van der Waals surface area contributed by atoms with Crippen LogP contribution in [0.3, 0.4) is 0 Å². The molecular weight excluding hydrogens is 171 g/mol. The minimum absolute atomic E-state index is 0.362. The summed E-state index contributed by atoms with van der Waals surface area (Å²) in [4.78, 5) is 0. The van der Waals surface area contributed by atoms with Gasteiger partial charge in [0.15, 0.2) is 0 Å². The first kappa shape index (κ1) is 7.58. The van der Waals surface area contributed by atoms with Gasteiger partial charge in [-0.15, -0.1) is 0 Å². The lowest BCUT2D eigenvalue weighted by molar-refractivity contribution is 0.138. The van der Waals surface area contributed by atoms with Crippen LogP contribution in [0.25, 0.3) is 0 Å². The highest BCUT2D eigenvalue weighted by atomic mass is 31.2. The second kappa shape index (κ2) is 2.36. The molecule has 3 saturated heterocycles. The molecule has 0 saturated carbocycles. The average Bonchev–Trinajstić information content (AvgIpc) is 2.43. The zero-order valence-corrected chi connectivity index (χ0v) is 8.13. The van der Waals surface area contributed by atoms with E-state index < -0.39 is 7.37 Å². The molecule has 2 atom stereocenters. The first-order valence-corrected chi connectivity index (χ1v) is 6.83. The molecule has 0 radical (unpaired) electrons. The van der Waals surface area contributed by atoms with Gasteiger partial charge in [0.2, 0.25) is 7.37 Å². The summed E-state index contributed by atoms with van der Waals surface area (Å²) in [5, 5.41) is 0. The molecule has 2 bridgehead atoms. The Labute approximate surface area is 73.1 Å². The Kier molecular flexibility index (Phi) is 1.49. The molecule has 3 aliphatic heterocycles. The van der Waals surface area contributed by atoms with Crippen molar-refractivity contribution in [3.05, 3.63) is 0 Å². The van der Waals surface area contributed by atoms with Crippen molar-refractivity contribution in [2.75, 3.05) is 0 Å². The molecule has 3 fully saturated rings. The van der Waals surface area contributed by atoms with Gasteiger partial charge in [-0.1, -0.05) is 0 Å². The maximum atomic E-state index is 12.4. The topological polar surface area (TPSA) is 26.3 Å². The van der Waals surface area contributed by atoms with E-state index in [0.717, 1.165) is 0 Å². The molecular formula is C9H15O2P. The molecule has 2 unspecified atom stereocenters. The monoisotopic (exact) mass is 186 g/mol. The van der Waals surface area contributed by atoms with Crippen LogP contribution in [-0.2, 0) is 9.09 Å². The third kappa shape index (κ3) is 0.831. The lowest BCUT2D eigenvalue weighted by atomic mass is 10.1. The fourth-order valence-electron chi connectivity index (χ4n) is 3.10. The lowest BCUT2D eigenvalue weighted by Crippen LogP contribution is -2.30. The molecule has 3 heteroatoms. The summed E-state index contributed by atoms with van der Waals surface area (Å²) in [6.45, 7) is 0. The largest absolute Gasteiger partial charge is 0.325 e. The smallest absolute Gasteiger partial charge is 0.209 e. The first-order valence-electron chi connectivity index (χ1n) is 5.07. The van der Waals surface area contributed by atoms with Crippen molar-refractivity contribution in [3.63, 3.8) is 0 Å². The molecule has 0 aromatic heterocycles. The zero-order chi connectivity index (χ0) is 8.18. The van der Waals surface area contributed by atoms with E-state index in [0.29, 0.717) is 17.4 Å². The van der Waals surface area contributed by atoms with Crippen molar-refractivity contribution in [2.24, 2.45) is 0 Å². The van der Waals surface area contributed by atoms with E-state index in [4.69, 9.17) is 4.52 Å². The molecule has 2 nitrogen and oxygen atoms in total. The quantitative estimate of drug-likeness (QED) is 0.544. The molecule has 0 spiro atoms. The minimum atomic E-state index is -2.13. The first-order chi connectivity index (χ1) is 5.79. The highest BCUT2D eigenvalue weighted by Gasteiger charge is 2.53. The molecule has 0 amide bonds. The fourth-order valence-corrected chi connectivity index (χ4v) is 6.76. The number of fused-ring (bicyclic) bond motifs is 1. The van der Waals surface area contributed by atoms with E-state index in [-0.39, 0.29) is 0 Å². The Morgan fingerprint density at radius 2 is 1.42 bits per heavy atom. The van der Waals surface area contributed by atoms with Crippen LogP contribution in [0.4, 0.5) is 0 Å². The number of rotatable bonds is 0. The summed E-state index contributed by atoms with van der Waals surface area (Å²) in [7, 11) is -2.13. The van der Waals surface area contributed by atoms with Crippen LogP contribution < -0.4 is 0 Å². The zero-order valence-electron chi connectivity index (χ0n) is 7.24. The van der Waals surface area contributed by atoms with Gasteiger partial charge in [-0.3, -0.25) is 4.57 Å². The Morgan fingerprint density at radius 3 is 2.00 bits per heavy atom. The van der Waals surface area contributed by atoms with Crippen LogP contribution in [0.15, 0.2) is 0 Å². The maximum absolute atomic E-state index is 12.4. The van der Waals surface area contributed by atoms with Crippen LogP contribution in [0.2, 0.25) is 0 Å². The van der Waals surface area contributed by atoms with E-state index in [2.05, 4.69) is 0 Å². The SMILES string of the molecule is O=P12OC3CCC1CCC2CC3. The summed E-state index contributed by atoms with van der Waals surface area (Å²) in [5.74, 6) is 0. The summed E-state index contributed by atoms with van der Waals surface area (Å²) >= 11 is 0. The summed E-state index contributed by atoms with van der Waals surface area (Å²) in [6.07, 6.45) is 7.41. The van der Waals surface area contributed by atoms with Crippen molar-refractivity contribution in [1.29, 1.82) is 0 Å². The van der Waals surface area contributed by atoms with E-state index in [9.17, 15) is 4.57 Å². The Morgan fingerprint density at radius 1 is 0.917 bits per heavy atom. The van der Waals surface area contributed by atoms with Gasteiger partial charge in [-0.25, -0.2) is 0 Å². The highest BCUT2D eigenvalue weighted by Crippen LogP contribution is 2.71. The molecule has 3 heterocycles. The van der Waals surface area contributed by atoms with Gasteiger partial charge in [0.25, 0.3) is 0 Å². The van der Waals surface area contributed by atoms with Crippen LogP contribution in [0, 0.1) is 0 Å². The van der Waals surface area contributed by atoms with Gasteiger partial charge in [0.1, 0.15) is 0 Å². The molecule has 0 aromatic carbocycles. The number of hydrogen-bond donors (Lipinski definition) is 0. The summed E-state index contributed by atoms with van der Waals surface area (Å²) < 4.78 is 18.1. The normalized spacial score (nSPS) is 57.2. The maximum Gasteiger partial charge on any atom is 0.209 e. The Hall–Kier alpha value is 0.190. The van der Waals surface area contributed by atoms with Gasteiger partial charge < -0.3 is 4.52 Å². The third-order valence-electron chi connectivity index (χ3n) is 3.81. The van der Waals surface area contributed by atoms with Gasteiger partial charge >= 0.3 is 0 Å². The molecule has 12 heavy (non-hydrogen) atoms. The lowest BCUT2D eigenvalue weighted by Gasteiger charge is -2.39. The van der Waals surface area contributed by atoms with E-state index >= 15 is 0 Å². The van der Waals surface area contributed by atoms with Crippen molar-refractivity contribution >= 4 is 7.37 Å². The van der Waals surface area contributed by atoms with Crippen LogP contribution in [0.5, 0.6) is 0 Å². The molecule has 0 aliphatic carbocycles. The van der Waals surface area contributed by atoms with Crippen molar-refractivity contribution < 1.29 is 9.09 Å². The molecule has 3 rings (SSSR count). The van der Waals surface area contributed by atoms with Crippen LogP contribution >= 0.6 is 7.37 Å². The molecule has 68 valence electrons.